The lowest BCUT2D eigenvalue weighted by Crippen LogP contribution is -2.44. The Hall–Kier alpha value is -2.75. The van der Waals surface area contributed by atoms with Crippen molar-refractivity contribution in [1.29, 1.82) is 0 Å². The van der Waals surface area contributed by atoms with Gasteiger partial charge in [0.25, 0.3) is 0 Å². The number of likely N-dealkylation sites (N-methyl/N-ethyl adjacent to an activating group) is 1. The number of anilines is 3. The first-order chi connectivity index (χ1) is 15.4. The monoisotopic (exact) mass is 489 g/mol. The summed E-state index contributed by atoms with van der Waals surface area (Å²) in [6, 6.07) is 6.17. The third-order valence-corrected chi connectivity index (χ3v) is 7.17. The third-order valence-electron chi connectivity index (χ3n) is 7.17. The van der Waals surface area contributed by atoms with Crippen molar-refractivity contribution in [1.82, 2.24) is 21.0 Å². The zero-order chi connectivity index (χ0) is 22.4. The molecule has 1 amide bonds. The molecular weight excluding hydrogens is 457 g/mol. The fraction of sp³-hybridized carbons (Fsp3) is 0.458. The van der Waals surface area contributed by atoms with Gasteiger partial charge in [-0.15, -0.1) is 12.4 Å². The number of carbonyl (C=O) groups excluding carboxylic acids is 1. The van der Waals surface area contributed by atoms with E-state index in [9.17, 15) is 9.18 Å². The van der Waals surface area contributed by atoms with Crippen LogP contribution in [0.15, 0.2) is 36.5 Å². The minimum absolute atomic E-state index is 0. The number of rotatable bonds is 5. The minimum atomic E-state index is -0.491. The molecule has 1 saturated carbocycles. The van der Waals surface area contributed by atoms with Crippen LogP contribution in [0.4, 0.5) is 21.7 Å². The maximum Gasteiger partial charge on any atom is 0.227 e. The fourth-order valence-corrected chi connectivity index (χ4v) is 5.52. The molecule has 184 valence electrons. The van der Waals surface area contributed by atoms with E-state index in [1.807, 2.05) is 12.1 Å². The number of amides is 1. The Morgan fingerprint density at radius 3 is 2.56 bits per heavy atom. The number of aryl methyl sites for hydroxylation is 1. The first-order valence-electron chi connectivity index (χ1n) is 11.2. The fourth-order valence-electron chi connectivity index (χ4n) is 5.52. The molecule has 3 aliphatic rings. The van der Waals surface area contributed by atoms with Crippen LogP contribution in [0.5, 0.6) is 0 Å². The van der Waals surface area contributed by atoms with Crippen molar-refractivity contribution in [3.63, 3.8) is 0 Å². The zero-order valence-corrected chi connectivity index (χ0v) is 20.4. The van der Waals surface area contributed by atoms with E-state index in [-0.39, 0.29) is 42.0 Å². The van der Waals surface area contributed by atoms with E-state index in [0.717, 1.165) is 43.9 Å². The van der Waals surface area contributed by atoms with Crippen molar-refractivity contribution >= 4 is 35.6 Å². The van der Waals surface area contributed by atoms with E-state index in [2.05, 4.69) is 57.3 Å². The summed E-state index contributed by atoms with van der Waals surface area (Å²) in [5.74, 6) is -1.18. The summed E-state index contributed by atoms with van der Waals surface area (Å²) in [7, 11) is 2.15. The summed E-state index contributed by atoms with van der Waals surface area (Å²) in [6.07, 6.45) is 6.09. The highest BCUT2D eigenvalue weighted by Gasteiger charge is 2.49. The molecule has 34 heavy (non-hydrogen) atoms. The quantitative estimate of drug-likeness (QED) is 0.550. The molecule has 2 heterocycles. The van der Waals surface area contributed by atoms with E-state index in [0.29, 0.717) is 5.95 Å². The van der Waals surface area contributed by atoms with Crippen molar-refractivity contribution in [2.24, 2.45) is 23.5 Å². The number of fused-ring (bicyclic) bond motifs is 2. The van der Waals surface area contributed by atoms with Crippen molar-refractivity contribution in [3.8, 4) is 0 Å². The molecule has 2 aliphatic carbocycles. The van der Waals surface area contributed by atoms with Gasteiger partial charge in [0.05, 0.1) is 17.8 Å². The van der Waals surface area contributed by atoms with Crippen molar-refractivity contribution < 1.29 is 9.18 Å². The van der Waals surface area contributed by atoms with Crippen molar-refractivity contribution in [2.75, 3.05) is 43.4 Å². The van der Waals surface area contributed by atoms with Crippen LogP contribution in [0.3, 0.4) is 0 Å². The van der Waals surface area contributed by atoms with E-state index in [1.165, 1.54) is 11.9 Å². The number of benzene rings is 1. The van der Waals surface area contributed by atoms with Gasteiger partial charge >= 0.3 is 0 Å². The van der Waals surface area contributed by atoms with Crippen LogP contribution in [-0.2, 0) is 4.79 Å². The van der Waals surface area contributed by atoms with Crippen molar-refractivity contribution in [3.05, 3.63) is 53.6 Å². The molecule has 10 heteroatoms. The number of piperazine rings is 1. The van der Waals surface area contributed by atoms with Gasteiger partial charge in [-0.2, -0.15) is 0 Å². The van der Waals surface area contributed by atoms with Crippen LogP contribution in [0, 0.1) is 30.5 Å². The van der Waals surface area contributed by atoms with E-state index in [1.54, 1.807) is 0 Å². The molecule has 1 saturated heterocycles. The first kappa shape index (κ1) is 25.9. The van der Waals surface area contributed by atoms with Crippen LogP contribution in [0.2, 0.25) is 0 Å². The van der Waals surface area contributed by atoms with Gasteiger partial charge in [0, 0.05) is 43.5 Å². The second-order valence-corrected chi connectivity index (χ2v) is 9.25. The first-order valence-corrected chi connectivity index (χ1v) is 11.2. The van der Waals surface area contributed by atoms with Gasteiger partial charge in [-0.05, 0) is 56.0 Å². The van der Waals surface area contributed by atoms with Gasteiger partial charge in [0.15, 0.2) is 5.82 Å². The molecule has 2 bridgehead atoms. The zero-order valence-electron chi connectivity index (χ0n) is 19.6. The average molecular weight is 490 g/mol. The molecule has 0 radical (unpaired) electrons. The van der Waals surface area contributed by atoms with Gasteiger partial charge in [0.2, 0.25) is 11.9 Å². The SMILES string of the molecule is Cc1cc(Nc2ncc(F)c(C3C4C=CC(C4)C3C(N)=O)n2)ccc1N1CCN(C)CC1.Cl.N. The third kappa shape index (κ3) is 4.73. The largest absolute Gasteiger partial charge is 0.369 e. The topological polar surface area (TPSA) is 122 Å². The standard InChI is InChI=1S/C24H29FN6O.ClH.H3N/c1-14-11-17(5-6-19(14)31-9-7-30(2)8-10-31)28-24-27-13-18(25)22(29-24)20-15-3-4-16(12-15)21(20)23(26)32;;/h3-6,11,13,15-16,20-21H,7-10,12H2,1-2H3,(H2,26,32)(H,27,28,29);1H;1H3. The summed E-state index contributed by atoms with van der Waals surface area (Å²) in [6.45, 7) is 6.21. The molecule has 2 fully saturated rings. The molecule has 0 spiro atoms. The second-order valence-electron chi connectivity index (χ2n) is 9.25. The van der Waals surface area contributed by atoms with E-state index >= 15 is 0 Å². The van der Waals surface area contributed by atoms with Crippen LogP contribution < -0.4 is 22.1 Å². The smallest absolute Gasteiger partial charge is 0.227 e. The van der Waals surface area contributed by atoms with Crippen molar-refractivity contribution in [2.45, 2.75) is 19.3 Å². The number of nitrogens with one attached hydrogen (secondary N) is 1. The molecule has 1 aliphatic heterocycles. The number of hydrogen-bond acceptors (Lipinski definition) is 7. The highest BCUT2D eigenvalue weighted by atomic mass is 35.5. The molecule has 4 unspecified atom stereocenters. The van der Waals surface area contributed by atoms with Crippen LogP contribution >= 0.6 is 12.4 Å². The lowest BCUT2D eigenvalue weighted by atomic mass is 9.80. The number of primary amides is 1. The average Bonchev–Trinajstić information content (AvgIpc) is 3.38. The highest BCUT2D eigenvalue weighted by molar-refractivity contribution is 5.85. The molecule has 8 nitrogen and oxygen atoms in total. The summed E-state index contributed by atoms with van der Waals surface area (Å²) < 4.78 is 14.7. The number of aromatic nitrogens is 2. The lowest BCUT2D eigenvalue weighted by molar-refractivity contribution is -0.123. The number of nitrogens with zero attached hydrogens (tertiary/aromatic N) is 4. The molecule has 2 aromatic rings. The van der Waals surface area contributed by atoms with E-state index in [4.69, 9.17) is 5.73 Å². The Labute approximate surface area is 205 Å². The predicted octanol–water partition coefficient (Wildman–Crippen LogP) is 3.39. The normalized spacial score (nSPS) is 25.6. The minimum Gasteiger partial charge on any atom is -0.369 e. The molecule has 6 N–H and O–H groups in total. The number of allylic oxidation sites excluding steroid dienone is 2. The Morgan fingerprint density at radius 2 is 1.88 bits per heavy atom. The van der Waals surface area contributed by atoms with Crippen LogP contribution in [0.25, 0.3) is 0 Å². The summed E-state index contributed by atoms with van der Waals surface area (Å²) in [4.78, 5) is 25.5. The van der Waals surface area contributed by atoms with Gasteiger partial charge < -0.3 is 27.0 Å². The highest BCUT2D eigenvalue weighted by Crippen LogP contribution is 2.52. The van der Waals surface area contributed by atoms with Crippen LogP contribution in [0.1, 0.15) is 23.6 Å². The van der Waals surface area contributed by atoms with Gasteiger partial charge in [-0.25, -0.2) is 14.4 Å². The second kappa shape index (κ2) is 10.2. The number of hydrogen-bond donors (Lipinski definition) is 3. The Morgan fingerprint density at radius 1 is 1.18 bits per heavy atom. The molecular formula is C24H33ClFN7O. The number of nitrogens with two attached hydrogens (primary N) is 1. The number of carbonyl (C=O) groups is 1. The van der Waals surface area contributed by atoms with Gasteiger partial charge in [-0.3, -0.25) is 4.79 Å². The Bertz CT molecular complexity index is 1070. The lowest BCUT2D eigenvalue weighted by Gasteiger charge is -2.35. The molecule has 1 aromatic heterocycles. The Balaban J connectivity index is 0.00000162. The maximum absolute atomic E-state index is 14.7. The molecule has 5 rings (SSSR count). The molecule has 1 aromatic carbocycles. The summed E-state index contributed by atoms with van der Waals surface area (Å²) in [5.41, 5.74) is 9.16. The summed E-state index contributed by atoms with van der Waals surface area (Å²) in [5, 5.41) is 3.21. The molecule has 4 atom stereocenters. The van der Waals surface area contributed by atoms with Gasteiger partial charge in [0.1, 0.15) is 0 Å². The number of halogens is 2. The Kier molecular flexibility index (Phi) is 7.80. The van der Waals surface area contributed by atoms with Crippen LogP contribution in [-0.4, -0.2) is 54.0 Å². The predicted molar refractivity (Wildman–Crippen MR) is 135 cm³/mol. The van der Waals surface area contributed by atoms with E-state index < -0.39 is 17.6 Å². The summed E-state index contributed by atoms with van der Waals surface area (Å²) >= 11 is 0. The van der Waals surface area contributed by atoms with Gasteiger partial charge in [-0.1, -0.05) is 12.2 Å². The maximum atomic E-state index is 14.7.